The Morgan fingerprint density at radius 1 is 1.21 bits per heavy atom. The van der Waals surface area contributed by atoms with E-state index in [4.69, 9.17) is 4.74 Å². The zero-order valence-corrected chi connectivity index (χ0v) is 12.0. The number of nitrogens with one attached hydrogen (secondary N) is 1. The highest BCUT2D eigenvalue weighted by molar-refractivity contribution is 5.66. The van der Waals surface area contributed by atoms with E-state index in [1.54, 1.807) is 0 Å². The fourth-order valence-electron chi connectivity index (χ4n) is 2.01. The molecule has 0 saturated heterocycles. The molecule has 0 heterocycles. The second kappa shape index (κ2) is 9.56. The second-order valence-corrected chi connectivity index (χ2v) is 4.77. The van der Waals surface area contributed by atoms with Gasteiger partial charge in [-0.2, -0.15) is 0 Å². The largest absolute Gasteiger partial charge is 0.456 e. The summed E-state index contributed by atoms with van der Waals surface area (Å²) >= 11 is 0. The average Bonchev–Trinajstić information content (AvgIpc) is 2.42. The van der Waals surface area contributed by atoms with Crippen molar-refractivity contribution in [2.45, 2.75) is 45.6 Å². The third kappa shape index (κ3) is 6.97. The number of unbranched alkanes of at least 4 members (excludes halogenated alkanes) is 3. The van der Waals surface area contributed by atoms with E-state index < -0.39 is 0 Å². The quantitative estimate of drug-likeness (QED) is 0.547. The Labute approximate surface area is 116 Å². The Hall–Kier alpha value is -1.35. The lowest BCUT2D eigenvalue weighted by Crippen LogP contribution is -2.25. The Morgan fingerprint density at radius 3 is 2.58 bits per heavy atom. The lowest BCUT2D eigenvalue weighted by molar-refractivity contribution is -0.146. The first kappa shape index (κ1) is 15.7. The van der Waals surface area contributed by atoms with Crippen LogP contribution < -0.4 is 5.32 Å². The van der Waals surface area contributed by atoms with Gasteiger partial charge in [0.05, 0.1) is 0 Å². The molecule has 0 bridgehead atoms. The summed E-state index contributed by atoms with van der Waals surface area (Å²) in [5.41, 5.74) is 1.04. The van der Waals surface area contributed by atoms with Crippen molar-refractivity contribution in [1.82, 2.24) is 5.32 Å². The van der Waals surface area contributed by atoms with E-state index in [1.807, 2.05) is 30.3 Å². The molecule has 1 rings (SSSR count). The predicted octanol–water partition coefficient (Wildman–Crippen LogP) is 3.46. The van der Waals surface area contributed by atoms with Gasteiger partial charge in [-0.05, 0) is 18.5 Å². The Balaban J connectivity index is 2.36. The van der Waals surface area contributed by atoms with Gasteiger partial charge in [0.15, 0.2) is 0 Å². The van der Waals surface area contributed by atoms with Crippen LogP contribution in [0, 0.1) is 0 Å². The number of ether oxygens (including phenoxy) is 1. The Morgan fingerprint density at radius 2 is 1.95 bits per heavy atom. The van der Waals surface area contributed by atoms with E-state index in [9.17, 15) is 4.79 Å². The van der Waals surface area contributed by atoms with E-state index in [0.29, 0.717) is 6.54 Å². The van der Waals surface area contributed by atoms with E-state index in [0.717, 1.165) is 12.1 Å². The summed E-state index contributed by atoms with van der Waals surface area (Å²) in [6, 6.07) is 9.88. The van der Waals surface area contributed by atoms with Gasteiger partial charge in [-0.15, -0.1) is 0 Å². The maximum absolute atomic E-state index is 11.2. The van der Waals surface area contributed by atoms with Crippen LogP contribution in [0.4, 0.5) is 0 Å². The molecule has 0 unspecified atom stereocenters. The highest BCUT2D eigenvalue weighted by Crippen LogP contribution is 2.16. The van der Waals surface area contributed by atoms with Gasteiger partial charge in [0.2, 0.25) is 0 Å². The molecule has 0 aromatic heterocycles. The topological polar surface area (TPSA) is 38.3 Å². The van der Waals surface area contributed by atoms with Crippen molar-refractivity contribution in [1.29, 1.82) is 0 Å². The fraction of sp³-hybridized carbons (Fsp3) is 0.562. The minimum atomic E-state index is -0.235. The van der Waals surface area contributed by atoms with E-state index in [1.165, 1.54) is 32.6 Å². The molecule has 1 N–H and O–H groups in total. The highest BCUT2D eigenvalue weighted by atomic mass is 16.5. The molecule has 0 spiro atoms. The summed E-state index contributed by atoms with van der Waals surface area (Å²) in [4.78, 5) is 11.2. The summed E-state index contributed by atoms with van der Waals surface area (Å²) in [6.45, 7) is 5.32. The molecule has 0 aliphatic heterocycles. The van der Waals surface area contributed by atoms with Gasteiger partial charge in [0, 0.05) is 13.5 Å². The summed E-state index contributed by atoms with van der Waals surface area (Å²) in [5.74, 6) is -0.235. The van der Waals surface area contributed by atoms with Crippen molar-refractivity contribution in [2.75, 3.05) is 13.1 Å². The first-order valence-electron chi connectivity index (χ1n) is 7.17. The molecule has 3 nitrogen and oxygen atoms in total. The van der Waals surface area contributed by atoms with E-state index >= 15 is 0 Å². The van der Waals surface area contributed by atoms with Gasteiger partial charge in [0.25, 0.3) is 0 Å². The third-order valence-electron chi connectivity index (χ3n) is 3.02. The molecule has 0 saturated carbocycles. The van der Waals surface area contributed by atoms with Gasteiger partial charge in [-0.3, -0.25) is 4.79 Å². The average molecular weight is 263 g/mol. The van der Waals surface area contributed by atoms with Crippen LogP contribution in [0.1, 0.15) is 51.2 Å². The summed E-state index contributed by atoms with van der Waals surface area (Å²) in [6.07, 6.45) is 4.78. The number of hydrogen-bond donors (Lipinski definition) is 1. The van der Waals surface area contributed by atoms with Crippen LogP contribution in [0.5, 0.6) is 0 Å². The molecule has 0 aliphatic carbocycles. The highest BCUT2D eigenvalue weighted by Gasteiger charge is 2.13. The van der Waals surface area contributed by atoms with Crippen LogP contribution in [0.15, 0.2) is 30.3 Å². The van der Waals surface area contributed by atoms with Gasteiger partial charge < -0.3 is 10.1 Å². The van der Waals surface area contributed by atoms with E-state index in [-0.39, 0.29) is 12.1 Å². The fourth-order valence-corrected chi connectivity index (χ4v) is 2.01. The Kier molecular flexibility index (Phi) is 7.91. The molecule has 3 heteroatoms. The van der Waals surface area contributed by atoms with Crippen LogP contribution in [-0.4, -0.2) is 19.1 Å². The summed E-state index contributed by atoms with van der Waals surface area (Å²) in [5, 5.41) is 3.37. The van der Waals surface area contributed by atoms with Crippen molar-refractivity contribution in [3.05, 3.63) is 35.9 Å². The number of carbonyl (C=O) groups excluding carboxylic acids is 1. The minimum absolute atomic E-state index is 0.190. The van der Waals surface area contributed by atoms with Gasteiger partial charge in [-0.1, -0.05) is 56.5 Å². The zero-order valence-electron chi connectivity index (χ0n) is 12.0. The molecular formula is C16H25NO2. The maximum Gasteiger partial charge on any atom is 0.303 e. The number of carbonyl (C=O) groups is 1. The molecule has 1 aromatic rings. The van der Waals surface area contributed by atoms with Crippen molar-refractivity contribution >= 4 is 5.97 Å². The number of esters is 1. The predicted molar refractivity (Wildman–Crippen MR) is 78.0 cm³/mol. The van der Waals surface area contributed by atoms with Crippen LogP contribution >= 0.6 is 0 Å². The van der Waals surface area contributed by atoms with Crippen molar-refractivity contribution in [3.8, 4) is 0 Å². The normalized spacial score (nSPS) is 12.1. The van der Waals surface area contributed by atoms with Crippen LogP contribution in [0.3, 0.4) is 0 Å². The van der Waals surface area contributed by atoms with Crippen molar-refractivity contribution in [3.63, 3.8) is 0 Å². The molecule has 0 radical (unpaired) electrons. The SMILES string of the molecule is CCCCCCNC[C@H](OC(C)=O)c1ccccc1. The first-order valence-corrected chi connectivity index (χ1v) is 7.17. The lowest BCUT2D eigenvalue weighted by atomic mass is 10.1. The van der Waals surface area contributed by atoms with Crippen LogP contribution in [0.25, 0.3) is 0 Å². The molecule has 1 aromatic carbocycles. The lowest BCUT2D eigenvalue weighted by Gasteiger charge is -2.18. The zero-order chi connectivity index (χ0) is 13.9. The maximum atomic E-state index is 11.2. The monoisotopic (exact) mass is 263 g/mol. The number of benzene rings is 1. The number of rotatable bonds is 9. The number of hydrogen-bond acceptors (Lipinski definition) is 3. The summed E-state index contributed by atoms with van der Waals surface area (Å²) in [7, 11) is 0. The van der Waals surface area contributed by atoms with Crippen LogP contribution in [-0.2, 0) is 9.53 Å². The third-order valence-corrected chi connectivity index (χ3v) is 3.02. The molecular weight excluding hydrogens is 238 g/mol. The first-order chi connectivity index (χ1) is 9.24. The van der Waals surface area contributed by atoms with E-state index in [2.05, 4.69) is 12.2 Å². The van der Waals surface area contributed by atoms with Crippen molar-refractivity contribution < 1.29 is 9.53 Å². The van der Waals surface area contributed by atoms with Gasteiger partial charge in [0.1, 0.15) is 6.10 Å². The molecule has 106 valence electrons. The molecule has 1 atom stereocenters. The van der Waals surface area contributed by atoms with Gasteiger partial charge >= 0.3 is 5.97 Å². The molecule has 0 amide bonds. The molecule has 0 aliphatic rings. The Bertz CT molecular complexity index is 351. The van der Waals surface area contributed by atoms with Gasteiger partial charge in [-0.25, -0.2) is 0 Å². The minimum Gasteiger partial charge on any atom is -0.456 e. The smallest absolute Gasteiger partial charge is 0.303 e. The standard InChI is InChI=1S/C16H25NO2/c1-3-4-5-9-12-17-13-16(19-14(2)18)15-10-7-6-8-11-15/h6-8,10-11,16-17H,3-5,9,12-13H2,1-2H3/t16-/m0/s1. The molecule has 0 fully saturated rings. The van der Waals surface area contributed by atoms with Crippen molar-refractivity contribution in [2.24, 2.45) is 0 Å². The van der Waals surface area contributed by atoms with Crippen LogP contribution in [0.2, 0.25) is 0 Å². The molecule has 19 heavy (non-hydrogen) atoms. The second-order valence-electron chi connectivity index (χ2n) is 4.77. The summed E-state index contributed by atoms with van der Waals surface area (Å²) < 4.78 is 5.36.